The van der Waals surface area contributed by atoms with E-state index in [2.05, 4.69) is 24.1 Å². The van der Waals surface area contributed by atoms with Gasteiger partial charge in [0.2, 0.25) is 5.91 Å². The third-order valence-electron chi connectivity index (χ3n) is 3.91. The maximum absolute atomic E-state index is 12.3. The first-order valence-electron chi connectivity index (χ1n) is 7.50. The molecule has 120 valence electrons. The lowest BCUT2D eigenvalue weighted by Crippen LogP contribution is -2.27. The molecule has 3 rings (SSSR count). The van der Waals surface area contributed by atoms with Crippen molar-refractivity contribution in [3.8, 4) is 0 Å². The molecule has 1 aliphatic carbocycles. The number of hydrogen-bond acceptors (Lipinski definition) is 5. The van der Waals surface area contributed by atoms with Crippen molar-refractivity contribution < 1.29 is 9.59 Å². The second kappa shape index (κ2) is 5.86. The summed E-state index contributed by atoms with van der Waals surface area (Å²) in [5.41, 5.74) is 7.41. The number of aromatic nitrogens is 1. The van der Waals surface area contributed by atoms with Gasteiger partial charge in [-0.1, -0.05) is 55.5 Å². The van der Waals surface area contributed by atoms with Crippen molar-refractivity contribution in [3.63, 3.8) is 0 Å². The van der Waals surface area contributed by atoms with Crippen LogP contribution in [0.25, 0.3) is 0 Å². The Labute approximate surface area is 138 Å². The Morgan fingerprint density at radius 3 is 2.70 bits per heavy atom. The number of rotatable bonds is 3. The average molecular weight is 329 g/mol. The average Bonchev–Trinajstić information content (AvgIpc) is 2.88. The first-order chi connectivity index (χ1) is 10.9. The summed E-state index contributed by atoms with van der Waals surface area (Å²) >= 11 is 1.24. The number of nitrogens with two attached hydrogens (primary N) is 1. The Morgan fingerprint density at radius 1 is 1.30 bits per heavy atom. The minimum Gasteiger partial charge on any atom is -0.316 e. The van der Waals surface area contributed by atoms with Gasteiger partial charge in [0, 0.05) is 6.42 Å². The summed E-state index contributed by atoms with van der Waals surface area (Å²) in [5.74, 6) is -0.226. The monoisotopic (exact) mass is 329 g/mol. The topological polar surface area (TPSA) is 85.1 Å². The standard InChI is InChI=1S/C17H19N3O2S/c1-17(2)8-11-14(12(21)9-17)23-16(19-11)20-15(22)13(18)10-6-4-3-5-7-10/h3-7,13H,8-9,18H2,1-2H3,(H,19,20,22). The van der Waals surface area contributed by atoms with Crippen molar-refractivity contribution in [2.45, 2.75) is 32.7 Å². The zero-order chi connectivity index (χ0) is 16.6. The second-order valence-corrected chi connectivity index (χ2v) is 7.61. The fourth-order valence-electron chi connectivity index (χ4n) is 2.77. The summed E-state index contributed by atoms with van der Waals surface area (Å²) in [6, 6.07) is 8.41. The van der Waals surface area contributed by atoms with Crippen molar-refractivity contribution in [2.24, 2.45) is 11.1 Å². The van der Waals surface area contributed by atoms with E-state index in [1.54, 1.807) is 0 Å². The number of hydrogen-bond donors (Lipinski definition) is 2. The lowest BCUT2D eigenvalue weighted by atomic mass is 9.78. The maximum atomic E-state index is 12.3. The number of benzene rings is 1. The number of nitrogens with one attached hydrogen (secondary N) is 1. The molecule has 0 bridgehead atoms. The predicted octanol–water partition coefficient (Wildman–Crippen LogP) is 2.94. The first kappa shape index (κ1) is 15.8. The van der Waals surface area contributed by atoms with E-state index < -0.39 is 6.04 Å². The molecular formula is C17H19N3O2S. The van der Waals surface area contributed by atoms with Gasteiger partial charge in [-0.25, -0.2) is 4.98 Å². The molecular weight excluding hydrogens is 310 g/mol. The molecule has 0 aliphatic heterocycles. The van der Waals surface area contributed by atoms with Gasteiger partial charge in [-0.15, -0.1) is 0 Å². The molecule has 3 N–H and O–H groups in total. The second-order valence-electron chi connectivity index (χ2n) is 6.61. The Bertz CT molecular complexity index is 752. The van der Waals surface area contributed by atoms with Crippen molar-refractivity contribution in [1.29, 1.82) is 0 Å². The number of thiazole rings is 1. The van der Waals surface area contributed by atoms with Gasteiger partial charge in [-0.3, -0.25) is 9.59 Å². The number of carbonyl (C=O) groups excluding carboxylic acids is 2. The summed E-state index contributed by atoms with van der Waals surface area (Å²) < 4.78 is 0. The van der Waals surface area contributed by atoms with E-state index in [1.165, 1.54) is 11.3 Å². The highest BCUT2D eigenvalue weighted by molar-refractivity contribution is 7.17. The molecule has 0 spiro atoms. The van der Waals surface area contributed by atoms with E-state index in [4.69, 9.17) is 5.73 Å². The minimum atomic E-state index is -0.760. The molecule has 1 amide bonds. The van der Waals surface area contributed by atoms with E-state index in [1.807, 2.05) is 30.3 Å². The molecule has 5 nitrogen and oxygen atoms in total. The van der Waals surface area contributed by atoms with Crippen LogP contribution in [0, 0.1) is 5.41 Å². The molecule has 1 unspecified atom stereocenters. The van der Waals surface area contributed by atoms with Crippen molar-refractivity contribution in [1.82, 2.24) is 4.98 Å². The molecule has 1 aliphatic rings. The third kappa shape index (κ3) is 3.33. The lowest BCUT2D eigenvalue weighted by molar-refractivity contribution is -0.117. The lowest BCUT2D eigenvalue weighted by Gasteiger charge is -2.26. The molecule has 1 aromatic carbocycles. The third-order valence-corrected chi connectivity index (χ3v) is 4.96. The van der Waals surface area contributed by atoms with Crippen LogP contribution in [0.15, 0.2) is 30.3 Å². The smallest absolute Gasteiger partial charge is 0.247 e. The summed E-state index contributed by atoms with van der Waals surface area (Å²) in [6.07, 6.45) is 1.25. The number of ketones is 1. The maximum Gasteiger partial charge on any atom is 0.247 e. The van der Waals surface area contributed by atoms with Gasteiger partial charge in [0.05, 0.1) is 10.6 Å². The SMILES string of the molecule is CC1(C)CC(=O)c2sc(NC(=O)C(N)c3ccccc3)nc2C1. The normalized spacial score (nSPS) is 17.4. The largest absolute Gasteiger partial charge is 0.316 e. The summed E-state index contributed by atoms with van der Waals surface area (Å²) in [4.78, 5) is 29.6. The number of amides is 1. The molecule has 1 atom stereocenters. The summed E-state index contributed by atoms with van der Waals surface area (Å²) in [7, 11) is 0. The van der Waals surface area contributed by atoms with Gasteiger partial charge in [0.15, 0.2) is 10.9 Å². The number of nitrogens with zero attached hydrogens (tertiary/aromatic N) is 1. The number of fused-ring (bicyclic) bond motifs is 1. The highest BCUT2D eigenvalue weighted by Crippen LogP contribution is 2.38. The van der Waals surface area contributed by atoms with Crippen molar-refractivity contribution in [3.05, 3.63) is 46.5 Å². The molecule has 0 fully saturated rings. The first-order valence-corrected chi connectivity index (χ1v) is 8.32. The highest BCUT2D eigenvalue weighted by atomic mass is 32.1. The van der Waals surface area contributed by atoms with Gasteiger partial charge >= 0.3 is 0 Å². The van der Waals surface area contributed by atoms with Crippen LogP contribution in [0.4, 0.5) is 5.13 Å². The number of carbonyl (C=O) groups is 2. The number of Topliss-reactive ketones (excluding diaryl/α,β-unsaturated/α-hetero) is 1. The van der Waals surface area contributed by atoms with Crippen LogP contribution < -0.4 is 11.1 Å². The molecule has 0 saturated heterocycles. The van der Waals surface area contributed by atoms with Crippen LogP contribution >= 0.6 is 11.3 Å². The fourth-order valence-corrected chi connectivity index (χ4v) is 3.69. The Balaban J connectivity index is 1.77. The van der Waals surface area contributed by atoms with Crippen LogP contribution in [0.5, 0.6) is 0 Å². The van der Waals surface area contributed by atoms with E-state index in [9.17, 15) is 9.59 Å². The molecule has 2 aromatic rings. The number of anilines is 1. The van der Waals surface area contributed by atoms with Crippen LogP contribution in [0.3, 0.4) is 0 Å². The van der Waals surface area contributed by atoms with Gasteiger partial charge < -0.3 is 11.1 Å². The predicted molar refractivity (Wildman–Crippen MR) is 90.5 cm³/mol. The zero-order valence-electron chi connectivity index (χ0n) is 13.1. The van der Waals surface area contributed by atoms with Gasteiger partial charge in [-0.05, 0) is 17.4 Å². The Morgan fingerprint density at radius 2 is 2.00 bits per heavy atom. The van der Waals surface area contributed by atoms with Crippen molar-refractivity contribution in [2.75, 3.05) is 5.32 Å². The quantitative estimate of drug-likeness (QED) is 0.906. The highest BCUT2D eigenvalue weighted by Gasteiger charge is 2.34. The van der Waals surface area contributed by atoms with Gasteiger partial charge in [-0.2, -0.15) is 0 Å². The van der Waals surface area contributed by atoms with E-state index in [-0.39, 0.29) is 17.1 Å². The molecule has 0 radical (unpaired) electrons. The van der Waals surface area contributed by atoms with E-state index in [0.717, 1.165) is 17.7 Å². The van der Waals surface area contributed by atoms with Gasteiger partial charge in [0.25, 0.3) is 0 Å². The van der Waals surface area contributed by atoms with Crippen LogP contribution in [-0.4, -0.2) is 16.7 Å². The molecule has 1 aromatic heterocycles. The van der Waals surface area contributed by atoms with Crippen LogP contribution in [0.2, 0.25) is 0 Å². The molecule has 23 heavy (non-hydrogen) atoms. The summed E-state index contributed by atoms with van der Waals surface area (Å²) in [5, 5.41) is 3.18. The van der Waals surface area contributed by atoms with E-state index >= 15 is 0 Å². The van der Waals surface area contributed by atoms with Gasteiger partial charge in [0.1, 0.15) is 6.04 Å². The molecule has 1 heterocycles. The van der Waals surface area contributed by atoms with Crippen LogP contribution in [-0.2, 0) is 11.2 Å². The zero-order valence-corrected chi connectivity index (χ0v) is 13.9. The molecule has 0 saturated carbocycles. The van der Waals surface area contributed by atoms with Crippen LogP contribution in [0.1, 0.15) is 47.2 Å². The Hall–Kier alpha value is -2.05. The fraction of sp³-hybridized carbons (Fsp3) is 0.353. The van der Waals surface area contributed by atoms with E-state index in [0.29, 0.717) is 16.4 Å². The van der Waals surface area contributed by atoms with Crippen molar-refractivity contribution >= 4 is 28.2 Å². The minimum absolute atomic E-state index is 0.0835. The summed E-state index contributed by atoms with van der Waals surface area (Å²) in [6.45, 7) is 4.10. The Kier molecular flexibility index (Phi) is 4.04. The molecule has 6 heteroatoms.